The molecule has 0 bridgehead atoms. The lowest BCUT2D eigenvalue weighted by atomic mass is 10.2. The maximum atomic E-state index is 12.3. The van der Waals surface area contributed by atoms with E-state index >= 15 is 0 Å². The molecule has 0 radical (unpaired) electrons. The van der Waals surface area contributed by atoms with E-state index in [9.17, 15) is 8.42 Å². The number of sulfonamides is 1. The van der Waals surface area contributed by atoms with Crippen LogP contribution < -0.4 is 10.0 Å². The largest absolute Gasteiger partial charge is 0.314 e. The molecule has 2 fully saturated rings. The molecular formula is C15H24N2O2S2. The highest BCUT2D eigenvalue weighted by Crippen LogP contribution is 2.33. The molecular weight excluding hydrogens is 304 g/mol. The zero-order valence-electron chi connectivity index (χ0n) is 12.5. The molecule has 6 heteroatoms. The Morgan fingerprint density at radius 2 is 2.05 bits per heavy atom. The van der Waals surface area contributed by atoms with Crippen molar-refractivity contribution in [2.75, 3.05) is 6.54 Å². The van der Waals surface area contributed by atoms with Gasteiger partial charge < -0.3 is 5.32 Å². The van der Waals surface area contributed by atoms with Crippen LogP contribution in [0.1, 0.15) is 43.9 Å². The first kappa shape index (κ1) is 15.5. The monoisotopic (exact) mass is 328 g/mol. The van der Waals surface area contributed by atoms with E-state index in [1.807, 2.05) is 13.0 Å². The van der Waals surface area contributed by atoms with Gasteiger partial charge >= 0.3 is 0 Å². The van der Waals surface area contributed by atoms with E-state index in [2.05, 4.69) is 10.0 Å². The van der Waals surface area contributed by atoms with Crippen LogP contribution in [0.4, 0.5) is 0 Å². The lowest BCUT2D eigenvalue weighted by Crippen LogP contribution is -2.32. The van der Waals surface area contributed by atoms with E-state index in [1.165, 1.54) is 37.0 Å². The van der Waals surface area contributed by atoms with Crippen LogP contribution >= 0.6 is 11.3 Å². The van der Waals surface area contributed by atoms with Crippen LogP contribution in [0.25, 0.3) is 0 Å². The molecule has 1 heterocycles. The van der Waals surface area contributed by atoms with Crippen molar-refractivity contribution in [2.24, 2.45) is 5.92 Å². The van der Waals surface area contributed by atoms with Gasteiger partial charge in [-0.1, -0.05) is 12.8 Å². The summed E-state index contributed by atoms with van der Waals surface area (Å²) >= 11 is 1.40. The Morgan fingerprint density at radius 1 is 1.29 bits per heavy atom. The van der Waals surface area contributed by atoms with E-state index in [0.29, 0.717) is 10.3 Å². The van der Waals surface area contributed by atoms with Crippen LogP contribution in [0.5, 0.6) is 0 Å². The van der Waals surface area contributed by atoms with Crippen molar-refractivity contribution in [1.29, 1.82) is 0 Å². The smallest absolute Gasteiger partial charge is 0.250 e. The van der Waals surface area contributed by atoms with Crippen LogP contribution in [0, 0.1) is 5.92 Å². The molecule has 2 N–H and O–H groups in total. The SMILES string of the molecule is CC(CC1CC1)NS(=O)(=O)c1ccc(CCNC2CC2)s1. The standard InChI is InChI=1S/C15H24N2O2S2/c1-11(10-12-2-3-12)17-21(18,19)15-7-6-14(20-15)8-9-16-13-4-5-13/h6-7,11-13,16-17H,2-5,8-10H2,1H3. The molecule has 0 saturated heterocycles. The summed E-state index contributed by atoms with van der Waals surface area (Å²) in [6.07, 6.45) is 6.95. The van der Waals surface area contributed by atoms with E-state index < -0.39 is 10.0 Å². The van der Waals surface area contributed by atoms with Crippen molar-refractivity contribution in [2.45, 2.75) is 61.7 Å². The average molecular weight is 329 g/mol. The van der Waals surface area contributed by atoms with Crippen molar-refractivity contribution in [3.63, 3.8) is 0 Å². The average Bonchev–Trinajstić information content (AvgIpc) is 3.31. The Kier molecular flexibility index (Phi) is 4.69. The van der Waals surface area contributed by atoms with Crippen molar-refractivity contribution in [3.8, 4) is 0 Å². The molecule has 1 unspecified atom stereocenters. The van der Waals surface area contributed by atoms with E-state index in [0.717, 1.165) is 30.2 Å². The fraction of sp³-hybridized carbons (Fsp3) is 0.733. The van der Waals surface area contributed by atoms with Crippen molar-refractivity contribution in [3.05, 3.63) is 17.0 Å². The zero-order chi connectivity index (χ0) is 14.9. The van der Waals surface area contributed by atoms with Gasteiger partial charge in [0, 0.05) is 23.5 Å². The van der Waals surface area contributed by atoms with Gasteiger partial charge in [0.15, 0.2) is 0 Å². The minimum absolute atomic E-state index is 0.0320. The van der Waals surface area contributed by atoms with Gasteiger partial charge in [0.1, 0.15) is 4.21 Å². The molecule has 2 aliphatic carbocycles. The maximum absolute atomic E-state index is 12.3. The molecule has 1 atom stereocenters. The minimum Gasteiger partial charge on any atom is -0.314 e. The van der Waals surface area contributed by atoms with E-state index in [-0.39, 0.29) is 6.04 Å². The summed E-state index contributed by atoms with van der Waals surface area (Å²) in [5.41, 5.74) is 0. The Balaban J connectivity index is 1.52. The molecule has 2 saturated carbocycles. The van der Waals surface area contributed by atoms with Gasteiger partial charge in [-0.25, -0.2) is 13.1 Å². The number of hydrogen-bond acceptors (Lipinski definition) is 4. The fourth-order valence-electron chi connectivity index (χ4n) is 2.55. The van der Waals surface area contributed by atoms with Gasteiger partial charge in [-0.3, -0.25) is 0 Å². The lowest BCUT2D eigenvalue weighted by Gasteiger charge is -2.12. The molecule has 4 nitrogen and oxygen atoms in total. The van der Waals surface area contributed by atoms with Gasteiger partial charge in [-0.05, 0) is 50.7 Å². The Morgan fingerprint density at radius 3 is 2.71 bits per heavy atom. The predicted octanol–water partition coefficient (Wildman–Crippen LogP) is 2.51. The maximum Gasteiger partial charge on any atom is 0.250 e. The van der Waals surface area contributed by atoms with Crippen molar-refractivity contribution in [1.82, 2.24) is 10.0 Å². The van der Waals surface area contributed by atoms with Gasteiger partial charge in [-0.15, -0.1) is 11.3 Å². The summed E-state index contributed by atoms with van der Waals surface area (Å²) in [4.78, 5) is 1.14. The van der Waals surface area contributed by atoms with Gasteiger partial charge in [0.2, 0.25) is 10.0 Å². The second-order valence-electron chi connectivity index (χ2n) is 6.40. The first-order valence-corrected chi connectivity index (χ1v) is 10.2. The molecule has 0 spiro atoms. The van der Waals surface area contributed by atoms with Crippen molar-refractivity contribution < 1.29 is 8.42 Å². The molecule has 0 amide bonds. The summed E-state index contributed by atoms with van der Waals surface area (Å²) in [5.74, 6) is 0.732. The van der Waals surface area contributed by atoms with Gasteiger partial charge in [-0.2, -0.15) is 0 Å². The molecule has 0 aliphatic heterocycles. The molecule has 118 valence electrons. The number of thiophene rings is 1. The van der Waals surface area contributed by atoms with Crippen LogP contribution in [0.2, 0.25) is 0 Å². The minimum atomic E-state index is -3.34. The molecule has 0 aromatic carbocycles. The van der Waals surface area contributed by atoms with Crippen LogP contribution in [-0.2, 0) is 16.4 Å². The molecule has 2 aliphatic rings. The van der Waals surface area contributed by atoms with E-state index in [1.54, 1.807) is 6.07 Å². The number of hydrogen-bond donors (Lipinski definition) is 2. The highest BCUT2D eigenvalue weighted by atomic mass is 32.2. The third-order valence-electron chi connectivity index (χ3n) is 4.02. The van der Waals surface area contributed by atoms with Crippen molar-refractivity contribution >= 4 is 21.4 Å². The normalized spacial score (nSPS) is 20.6. The zero-order valence-corrected chi connectivity index (χ0v) is 14.1. The lowest BCUT2D eigenvalue weighted by molar-refractivity contribution is 0.531. The highest BCUT2D eigenvalue weighted by molar-refractivity contribution is 7.91. The quantitative estimate of drug-likeness (QED) is 0.732. The summed E-state index contributed by atoms with van der Waals surface area (Å²) in [5, 5.41) is 3.46. The topological polar surface area (TPSA) is 58.2 Å². The molecule has 21 heavy (non-hydrogen) atoms. The Bertz CT molecular complexity index is 574. The highest BCUT2D eigenvalue weighted by Gasteiger charge is 2.27. The molecule has 1 aromatic heterocycles. The third-order valence-corrected chi connectivity index (χ3v) is 7.25. The summed E-state index contributed by atoms with van der Waals surface area (Å²) in [6, 6.07) is 4.42. The van der Waals surface area contributed by atoms with Gasteiger partial charge in [0.05, 0.1) is 0 Å². The first-order valence-electron chi connectivity index (χ1n) is 7.87. The third kappa shape index (κ3) is 4.77. The summed E-state index contributed by atoms with van der Waals surface area (Å²) in [7, 11) is -3.34. The fourth-order valence-corrected chi connectivity index (χ4v) is 5.18. The molecule has 1 aromatic rings. The Labute approximate surface area is 131 Å². The summed E-state index contributed by atoms with van der Waals surface area (Å²) in [6.45, 7) is 2.90. The van der Waals surface area contributed by atoms with Crippen LogP contribution in [0.3, 0.4) is 0 Å². The number of rotatable bonds is 9. The second-order valence-corrected chi connectivity index (χ2v) is 9.51. The predicted molar refractivity (Wildman–Crippen MR) is 86.2 cm³/mol. The number of nitrogens with one attached hydrogen (secondary N) is 2. The van der Waals surface area contributed by atoms with Crippen LogP contribution in [0.15, 0.2) is 16.3 Å². The summed E-state index contributed by atoms with van der Waals surface area (Å²) < 4.78 is 27.9. The second kappa shape index (κ2) is 6.36. The van der Waals surface area contributed by atoms with Gasteiger partial charge in [0.25, 0.3) is 0 Å². The molecule has 3 rings (SSSR count). The first-order chi connectivity index (χ1) is 10.0. The van der Waals surface area contributed by atoms with E-state index in [4.69, 9.17) is 0 Å². The Hall–Kier alpha value is -0.430. The van der Waals surface area contributed by atoms with Crippen LogP contribution in [-0.4, -0.2) is 27.0 Å².